The molecule has 0 radical (unpaired) electrons. The second kappa shape index (κ2) is 5.05. The first-order valence-corrected chi connectivity index (χ1v) is 6.02. The molecule has 0 bridgehead atoms. The molecule has 2 rings (SSSR count). The van der Waals surface area contributed by atoms with Crippen LogP contribution in [-0.2, 0) is 6.42 Å². The van der Waals surface area contributed by atoms with Crippen molar-refractivity contribution in [1.82, 2.24) is 0 Å². The first-order chi connectivity index (χ1) is 8.58. The van der Waals surface area contributed by atoms with Crippen LogP contribution < -0.4 is 5.73 Å². The highest BCUT2D eigenvalue weighted by molar-refractivity contribution is 5.97. The van der Waals surface area contributed by atoms with Crippen LogP contribution in [0.3, 0.4) is 0 Å². The lowest BCUT2D eigenvalue weighted by Gasteiger charge is -2.09. The van der Waals surface area contributed by atoms with Gasteiger partial charge in [0.2, 0.25) is 0 Å². The van der Waals surface area contributed by atoms with E-state index in [1.54, 1.807) is 0 Å². The van der Waals surface area contributed by atoms with Crippen LogP contribution in [0.15, 0.2) is 42.5 Å². The molecular formula is C16H17NO. The van der Waals surface area contributed by atoms with Crippen LogP contribution in [0.1, 0.15) is 27.0 Å². The van der Waals surface area contributed by atoms with Gasteiger partial charge < -0.3 is 5.73 Å². The lowest BCUT2D eigenvalue weighted by molar-refractivity contribution is 0.0993. The molecule has 0 fully saturated rings. The molecule has 2 nitrogen and oxygen atoms in total. The smallest absolute Gasteiger partial charge is 0.167 e. The maximum absolute atomic E-state index is 12.1. The number of nitrogens with two attached hydrogens (primary N) is 1. The average molecular weight is 239 g/mol. The van der Waals surface area contributed by atoms with Gasteiger partial charge in [-0.05, 0) is 36.6 Å². The molecule has 0 heterocycles. The summed E-state index contributed by atoms with van der Waals surface area (Å²) >= 11 is 0. The molecule has 0 aliphatic rings. The first-order valence-electron chi connectivity index (χ1n) is 6.02. The molecule has 2 N–H and O–H groups in total. The Morgan fingerprint density at radius 1 is 1.06 bits per heavy atom. The minimum atomic E-state index is 0.142. The number of benzene rings is 2. The number of aryl methyl sites for hydroxylation is 2. The molecule has 0 unspecified atom stereocenters. The summed E-state index contributed by atoms with van der Waals surface area (Å²) in [6.07, 6.45) is 0.428. The van der Waals surface area contributed by atoms with E-state index in [9.17, 15) is 4.79 Å². The summed E-state index contributed by atoms with van der Waals surface area (Å²) in [5, 5.41) is 0. The van der Waals surface area contributed by atoms with Crippen LogP contribution >= 0.6 is 0 Å². The fourth-order valence-electron chi connectivity index (χ4n) is 1.99. The van der Waals surface area contributed by atoms with Gasteiger partial charge in [-0.2, -0.15) is 0 Å². The van der Waals surface area contributed by atoms with Gasteiger partial charge in [-0.3, -0.25) is 4.79 Å². The Hall–Kier alpha value is -2.09. The van der Waals surface area contributed by atoms with E-state index in [1.807, 2.05) is 56.3 Å². The van der Waals surface area contributed by atoms with Crippen LogP contribution in [0.2, 0.25) is 0 Å². The van der Waals surface area contributed by atoms with Crippen LogP contribution in [0.5, 0.6) is 0 Å². The number of ketones is 1. The molecule has 2 aromatic rings. The van der Waals surface area contributed by atoms with Gasteiger partial charge in [0.15, 0.2) is 5.78 Å². The van der Waals surface area contributed by atoms with Crippen molar-refractivity contribution in [3.8, 4) is 0 Å². The van der Waals surface area contributed by atoms with E-state index in [0.29, 0.717) is 6.42 Å². The van der Waals surface area contributed by atoms with Crippen LogP contribution in [0.4, 0.5) is 5.69 Å². The Bertz CT molecular complexity index is 573. The normalized spacial score (nSPS) is 10.3. The zero-order valence-corrected chi connectivity index (χ0v) is 10.7. The van der Waals surface area contributed by atoms with E-state index in [4.69, 9.17) is 5.73 Å². The van der Waals surface area contributed by atoms with Gasteiger partial charge in [0.1, 0.15) is 0 Å². The largest absolute Gasteiger partial charge is 0.399 e. The van der Waals surface area contributed by atoms with Gasteiger partial charge in [0.25, 0.3) is 0 Å². The maximum Gasteiger partial charge on any atom is 0.167 e. The quantitative estimate of drug-likeness (QED) is 0.659. The van der Waals surface area contributed by atoms with Crippen molar-refractivity contribution >= 4 is 11.5 Å². The zero-order chi connectivity index (χ0) is 13.1. The van der Waals surface area contributed by atoms with Gasteiger partial charge in [-0.1, -0.05) is 36.4 Å². The summed E-state index contributed by atoms with van der Waals surface area (Å²) in [5.41, 5.74) is 10.5. The molecule has 0 saturated carbocycles. The summed E-state index contributed by atoms with van der Waals surface area (Å²) in [6, 6.07) is 13.3. The third-order valence-corrected chi connectivity index (χ3v) is 3.17. The van der Waals surface area contributed by atoms with Crippen LogP contribution in [0.25, 0.3) is 0 Å². The number of anilines is 1. The molecule has 2 aromatic carbocycles. The molecule has 18 heavy (non-hydrogen) atoms. The van der Waals surface area contributed by atoms with Crippen molar-refractivity contribution in [3.05, 3.63) is 64.7 Å². The highest BCUT2D eigenvalue weighted by atomic mass is 16.1. The second-order valence-corrected chi connectivity index (χ2v) is 4.60. The summed E-state index contributed by atoms with van der Waals surface area (Å²) in [5.74, 6) is 0.142. The average Bonchev–Trinajstić information content (AvgIpc) is 2.37. The van der Waals surface area contributed by atoms with Gasteiger partial charge in [-0.25, -0.2) is 0 Å². The van der Waals surface area contributed by atoms with E-state index >= 15 is 0 Å². The highest BCUT2D eigenvalue weighted by Crippen LogP contribution is 2.19. The van der Waals surface area contributed by atoms with Crippen LogP contribution in [-0.4, -0.2) is 5.78 Å². The SMILES string of the molecule is Cc1cc(CC(=O)c2ccccc2)c(C)cc1N. The maximum atomic E-state index is 12.1. The van der Waals surface area contributed by atoms with Gasteiger partial charge in [0, 0.05) is 17.7 Å². The molecular weight excluding hydrogens is 222 g/mol. The molecule has 0 saturated heterocycles. The Labute approximate surface area is 107 Å². The zero-order valence-electron chi connectivity index (χ0n) is 10.7. The first kappa shape index (κ1) is 12.4. The van der Waals surface area contributed by atoms with Crippen LogP contribution in [0, 0.1) is 13.8 Å². The van der Waals surface area contributed by atoms with Crippen molar-refractivity contribution in [2.75, 3.05) is 5.73 Å². The standard InChI is InChI=1S/C16H17NO/c1-11-9-15(17)12(2)8-14(11)10-16(18)13-6-4-3-5-7-13/h3-9H,10,17H2,1-2H3. The number of Topliss-reactive ketones (excluding diaryl/α,β-unsaturated/α-hetero) is 1. The minimum absolute atomic E-state index is 0.142. The van der Waals surface area contributed by atoms with Gasteiger partial charge in [0.05, 0.1) is 0 Å². The number of carbonyl (C=O) groups excluding carboxylic acids is 1. The monoisotopic (exact) mass is 239 g/mol. The van der Waals surface area contributed by atoms with Crippen molar-refractivity contribution < 1.29 is 4.79 Å². The second-order valence-electron chi connectivity index (χ2n) is 4.60. The Morgan fingerprint density at radius 2 is 1.72 bits per heavy atom. The Kier molecular flexibility index (Phi) is 3.47. The van der Waals surface area contributed by atoms with E-state index < -0.39 is 0 Å². The van der Waals surface area contributed by atoms with Crippen molar-refractivity contribution in [2.45, 2.75) is 20.3 Å². The van der Waals surface area contributed by atoms with E-state index in [1.165, 1.54) is 0 Å². The molecule has 92 valence electrons. The number of nitrogen functional groups attached to an aromatic ring is 1. The van der Waals surface area contributed by atoms with Gasteiger partial charge in [-0.15, -0.1) is 0 Å². The third kappa shape index (κ3) is 2.59. The Morgan fingerprint density at radius 3 is 2.39 bits per heavy atom. The minimum Gasteiger partial charge on any atom is -0.399 e. The molecule has 0 aromatic heterocycles. The molecule has 0 amide bonds. The predicted molar refractivity (Wildman–Crippen MR) is 74.8 cm³/mol. The molecule has 0 spiro atoms. The molecule has 0 atom stereocenters. The molecule has 0 aliphatic heterocycles. The number of hydrogen-bond donors (Lipinski definition) is 1. The fourth-order valence-corrected chi connectivity index (χ4v) is 1.99. The van der Waals surface area contributed by atoms with E-state index in [-0.39, 0.29) is 5.78 Å². The predicted octanol–water partition coefficient (Wildman–Crippen LogP) is 3.31. The summed E-state index contributed by atoms with van der Waals surface area (Å²) in [6.45, 7) is 3.95. The Balaban J connectivity index is 2.25. The van der Waals surface area contributed by atoms with E-state index in [0.717, 1.165) is 27.9 Å². The van der Waals surface area contributed by atoms with Crippen molar-refractivity contribution in [3.63, 3.8) is 0 Å². The van der Waals surface area contributed by atoms with Crippen molar-refractivity contribution in [1.29, 1.82) is 0 Å². The third-order valence-electron chi connectivity index (χ3n) is 3.17. The fraction of sp³-hybridized carbons (Fsp3) is 0.188. The number of carbonyl (C=O) groups is 1. The lowest BCUT2D eigenvalue weighted by Crippen LogP contribution is -2.05. The topological polar surface area (TPSA) is 43.1 Å². The summed E-state index contributed by atoms with van der Waals surface area (Å²) in [4.78, 5) is 12.1. The number of hydrogen-bond acceptors (Lipinski definition) is 2. The van der Waals surface area contributed by atoms with Gasteiger partial charge >= 0.3 is 0 Å². The van der Waals surface area contributed by atoms with Crippen molar-refractivity contribution in [2.24, 2.45) is 0 Å². The number of rotatable bonds is 3. The molecule has 0 aliphatic carbocycles. The summed E-state index contributed by atoms with van der Waals surface area (Å²) < 4.78 is 0. The lowest BCUT2D eigenvalue weighted by atomic mass is 9.97. The summed E-state index contributed by atoms with van der Waals surface area (Å²) in [7, 11) is 0. The highest BCUT2D eigenvalue weighted by Gasteiger charge is 2.09. The molecule has 2 heteroatoms. The van der Waals surface area contributed by atoms with E-state index in [2.05, 4.69) is 0 Å².